The maximum atomic E-state index is 12.4. The van der Waals surface area contributed by atoms with Crippen LogP contribution >= 0.6 is 0 Å². The molecular formula is C23H30N6O2. The summed E-state index contributed by atoms with van der Waals surface area (Å²) in [7, 11) is 3.46. The number of aromatic nitrogens is 1. The highest BCUT2D eigenvalue weighted by Gasteiger charge is 2.21. The van der Waals surface area contributed by atoms with Crippen LogP contribution in [0.4, 0.5) is 5.69 Å². The van der Waals surface area contributed by atoms with E-state index < -0.39 is 0 Å². The molecule has 0 aliphatic carbocycles. The summed E-state index contributed by atoms with van der Waals surface area (Å²) < 4.78 is 0. The van der Waals surface area contributed by atoms with Crippen LogP contribution < -0.4 is 15.5 Å². The SMILES string of the molecule is CN=C(NCC(=O)N(C)CCc1ccccn1)NCc1ccc(N2CCCC2=O)cc1. The van der Waals surface area contributed by atoms with Gasteiger partial charge in [-0.3, -0.25) is 19.6 Å². The second-order valence-corrected chi connectivity index (χ2v) is 7.48. The average molecular weight is 423 g/mol. The van der Waals surface area contributed by atoms with Crippen LogP contribution in [0.3, 0.4) is 0 Å². The smallest absolute Gasteiger partial charge is 0.241 e. The lowest BCUT2D eigenvalue weighted by molar-refractivity contribution is -0.128. The second-order valence-electron chi connectivity index (χ2n) is 7.48. The van der Waals surface area contributed by atoms with Gasteiger partial charge in [0.1, 0.15) is 0 Å². The number of pyridine rings is 1. The number of nitrogens with one attached hydrogen (secondary N) is 2. The Morgan fingerprint density at radius 1 is 1.19 bits per heavy atom. The van der Waals surface area contributed by atoms with Crippen molar-refractivity contribution in [3.63, 3.8) is 0 Å². The topological polar surface area (TPSA) is 89.9 Å². The van der Waals surface area contributed by atoms with Gasteiger partial charge < -0.3 is 20.4 Å². The monoisotopic (exact) mass is 422 g/mol. The van der Waals surface area contributed by atoms with Crippen molar-refractivity contribution in [3.05, 3.63) is 59.9 Å². The zero-order valence-electron chi connectivity index (χ0n) is 18.2. The van der Waals surface area contributed by atoms with Crippen molar-refractivity contribution in [2.75, 3.05) is 38.6 Å². The molecule has 1 aliphatic heterocycles. The van der Waals surface area contributed by atoms with Gasteiger partial charge in [0.15, 0.2) is 5.96 Å². The number of nitrogens with zero attached hydrogens (tertiary/aromatic N) is 4. The molecule has 31 heavy (non-hydrogen) atoms. The fourth-order valence-electron chi connectivity index (χ4n) is 3.37. The van der Waals surface area contributed by atoms with E-state index in [2.05, 4.69) is 20.6 Å². The van der Waals surface area contributed by atoms with Gasteiger partial charge in [-0.05, 0) is 36.2 Å². The van der Waals surface area contributed by atoms with Gasteiger partial charge in [0.25, 0.3) is 0 Å². The van der Waals surface area contributed by atoms with Crippen molar-refractivity contribution >= 4 is 23.5 Å². The van der Waals surface area contributed by atoms with Crippen LogP contribution in [0.2, 0.25) is 0 Å². The highest BCUT2D eigenvalue weighted by molar-refractivity contribution is 5.95. The van der Waals surface area contributed by atoms with Crippen LogP contribution in [-0.2, 0) is 22.6 Å². The molecule has 0 saturated carbocycles. The highest BCUT2D eigenvalue weighted by atomic mass is 16.2. The first-order valence-electron chi connectivity index (χ1n) is 10.5. The van der Waals surface area contributed by atoms with Gasteiger partial charge in [-0.25, -0.2) is 0 Å². The summed E-state index contributed by atoms with van der Waals surface area (Å²) in [6, 6.07) is 13.7. The molecule has 3 rings (SSSR count). The van der Waals surface area contributed by atoms with Crippen molar-refractivity contribution in [3.8, 4) is 0 Å². The van der Waals surface area contributed by atoms with Crippen molar-refractivity contribution in [1.29, 1.82) is 0 Å². The van der Waals surface area contributed by atoms with E-state index in [9.17, 15) is 9.59 Å². The first kappa shape index (κ1) is 22.3. The summed E-state index contributed by atoms with van der Waals surface area (Å²) >= 11 is 0. The van der Waals surface area contributed by atoms with Gasteiger partial charge in [0, 0.05) is 64.1 Å². The van der Waals surface area contributed by atoms with Crippen LogP contribution in [0.25, 0.3) is 0 Å². The number of likely N-dealkylation sites (N-methyl/N-ethyl adjacent to an activating group) is 1. The molecule has 164 valence electrons. The molecule has 1 aromatic heterocycles. The third-order valence-electron chi connectivity index (χ3n) is 5.27. The van der Waals surface area contributed by atoms with Crippen molar-refractivity contribution in [2.45, 2.75) is 25.8 Å². The van der Waals surface area contributed by atoms with Crippen LogP contribution in [0, 0.1) is 0 Å². The molecule has 1 aromatic carbocycles. The molecule has 2 amide bonds. The molecule has 0 bridgehead atoms. The number of aliphatic imine (C=N–C) groups is 1. The first-order chi connectivity index (χ1) is 15.1. The van der Waals surface area contributed by atoms with Crippen LogP contribution in [-0.4, -0.2) is 61.4 Å². The Bertz CT molecular complexity index is 898. The van der Waals surface area contributed by atoms with Gasteiger partial charge in [-0.15, -0.1) is 0 Å². The molecule has 0 unspecified atom stereocenters. The Kier molecular flexibility index (Phi) is 7.98. The molecule has 8 nitrogen and oxygen atoms in total. The molecule has 8 heteroatoms. The summed E-state index contributed by atoms with van der Waals surface area (Å²) in [6.45, 7) is 2.12. The van der Waals surface area contributed by atoms with Gasteiger partial charge in [0.2, 0.25) is 11.8 Å². The summed E-state index contributed by atoms with van der Waals surface area (Å²) in [4.78, 5) is 36.2. The Morgan fingerprint density at radius 2 is 2.00 bits per heavy atom. The average Bonchev–Trinajstić information content (AvgIpc) is 3.24. The molecular weight excluding hydrogens is 392 g/mol. The first-order valence-corrected chi connectivity index (χ1v) is 10.5. The molecule has 0 spiro atoms. The number of rotatable bonds is 8. The van der Waals surface area contributed by atoms with Crippen molar-refractivity contribution < 1.29 is 9.59 Å². The van der Waals surface area contributed by atoms with E-state index in [4.69, 9.17) is 0 Å². The third kappa shape index (κ3) is 6.53. The number of carbonyl (C=O) groups is 2. The zero-order valence-corrected chi connectivity index (χ0v) is 18.2. The van der Waals surface area contributed by atoms with Crippen molar-refractivity contribution in [1.82, 2.24) is 20.5 Å². The van der Waals surface area contributed by atoms with Crippen molar-refractivity contribution in [2.24, 2.45) is 4.99 Å². The number of carbonyl (C=O) groups excluding carboxylic acids is 2. The third-order valence-corrected chi connectivity index (χ3v) is 5.27. The Morgan fingerprint density at radius 3 is 2.65 bits per heavy atom. The van der Waals surface area contributed by atoms with E-state index in [0.717, 1.165) is 36.3 Å². The number of guanidine groups is 1. The lowest BCUT2D eigenvalue weighted by Gasteiger charge is -2.19. The van der Waals surface area contributed by atoms with Gasteiger partial charge in [0.05, 0.1) is 6.54 Å². The fraction of sp³-hybridized carbons (Fsp3) is 0.391. The Hall–Kier alpha value is -3.42. The minimum absolute atomic E-state index is 0.0153. The van der Waals surface area contributed by atoms with Gasteiger partial charge >= 0.3 is 0 Å². The van der Waals surface area contributed by atoms with Gasteiger partial charge in [-0.2, -0.15) is 0 Å². The van der Waals surface area contributed by atoms with E-state index in [0.29, 0.717) is 25.5 Å². The van der Waals surface area contributed by atoms with Crippen LogP contribution in [0.15, 0.2) is 53.7 Å². The minimum Gasteiger partial charge on any atom is -0.352 e. The highest BCUT2D eigenvalue weighted by Crippen LogP contribution is 2.21. The number of benzene rings is 1. The summed E-state index contributed by atoms with van der Waals surface area (Å²) in [5.41, 5.74) is 2.97. The summed E-state index contributed by atoms with van der Waals surface area (Å²) in [5.74, 6) is 0.730. The van der Waals surface area contributed by atoms with E-state index in [1.807, 2.05) is 47.4 Å². The maximum Gasteiger partial charge on any atom is 0.241 e. The van der Waals surface area contributed by atoms with E-state index >= 15 is 0 Å². The van der Waals surface area contributed by atoms with Gasteiger partial charge in [-0.1, -0.05) is 18.2 Å². The van der Waals surface area contributed by atoms with Crippen LogP contribution in [0.1, 0.15) is 24.1 Å². The predicted molar refractivity (Wildman–Crippen MR) is 122 cm³/mol. The molecule has 2 heterocycles. The van der Waals surface area contributed by atoms with E-state index in [1.54, 1.807) is 25.2 Å². The standard InChI is InChI=1S/C23H30N6O2/c1-24-23(27-17-22(31)28(2)15-12-19-6-3-4-13-25-19)26-16-18-8-10-20(11-9-18)29-14-5-7-21(29)30/h3-4,6,8-11,13H,5,7,12,14-17H2,1-2H3,(H2,24,26,27). The largest absolute Gasteiger partial charge is 0.352 e. The quantitative estimate of drug-likeness (QED) is 0.498. The predicted octanol–water partition coefficient (Wildman–Crippen LogP) is 1.57. The Labute approximate surface area is 183 Å². The lowest BCUT2D eigenvalue weighted by Crippen LogP contribution is -2.43. The van der Waals surface area contributed by atoms with E-state index in [-0.39, 0.29) is 18.4 Å². The number of amides is 2. The number of hydrogen-bond acceptors (Lipinski definition) is 4. The minimum atomic E-state index is -0.0153. The lowest BCUT2D eigenvalue weighted by atomic mass is 10.2. The molecule has 1 aliphatic rings. The zero-order chi connectivity index (χ0) is 22.1. The maximum absolute atomic E-state index is 12.4. The molecule has 2 aromatic rings. The number of anilines is 1. The summed E-state index contributed by atoms with van der Waals surface area (Å²) in [6.07, 6.45) is 4.02. The second kappa shape index (κ2) is 11.1. The van der Waals surface area contributed by atoms with E-state index in [1.165, 1.54) is 0 Å². The molecule has 1 fully saturated rings. The number of hydrogen-bond donors (Lipinski definition) is 2. The normalized spacial score (nSPS) is 13.9. The molecule has 0 radical (unpaired) electrons. The molecule has 1 saturated heterocycles. The molecule has 2 N–H and O–H groups in total. The Balaban J connectivity index is 1.40. The van der Waals surface area contributed by atoms with Crippen LogP contribution in [0.5, 0.6) is 0 Å². The fourth-order valence-corrected chi connectivity index (χ4v) is 3.37. The molecule has 0 atom stereocenters. The summed E-state index contributed by atoms with van der Waals surface area (Å²) in [5, 5.41) is 6.27.